The molecule has 0 saturated heterocycles. The number of aromatic nitrogens is 1. The largest absolute Gasteiger partial charge is 0.541 e. The maximum atomic E-state index is 6.24. The van der Waals surface area contributed by atoms with Crippen molar-refractivity contribution in [1.29, 1.82) is 0 Å². The quantitative estimate of drug-likeness (QED) is 0.748. The highest BCUT2D eigenvalue weighted by molar-refractivity contribution is 6.74. The van der Waals surface area contributed by atoms with Crippen LogP contribution in [0.2, 0.25) is 18.1 Å². The highest BCUT2D eigenvalue weighted by atomic mass is 28.4. The second-order valence-electron chi connectivity index (χ2n) is 5.82. The Kier molecular flexibility index (Phi) is 2.77. The van der Waals surface area contributed by atoms with E-state index in [4.69, 9.17) is 8.84 Å². The van der Waals surface area contributed by atoms with E-state index in [2.05, 4.69) is 38.8 Å². The minimum absolute atomic E-state index is 0.176. The first-order valence-corrected chi connectivity index (χ1v) is 8.73. The molecular weight excluding hydrogens is 230 g/mol. The van der Waals surface area contributed by atoms with Gasteiger partial charge >= 0.3 is 0 Å². The van der Waals surface area contributed by atoms with Crippen molar-refractivity contribution in [2.75, 3.05) is 0 Å². The van der Waals surface area contributed by atoms with Crippen molar-refractivity contribution in [3.8, 4) is 5.75 Å². The summed E-state index contributed by atoms with van der Waals surface area (Å²) in [5.74, 6) is 0.812. The number of oxazole rings is 1. The number of para-hydroxylation sites is 1. The van der Waals surface area contributed by atoms with Crippen molar-refractivity contribution >= 4 is 19.4 Å². The summed E-state index contributed by atoms with van der Waals surface area (Å²) in [6.07, 6.45) is 1.46. The van der Waals surface area contributed by atoms with Crippen LogP contribution in [0.4, 0.5) is 0 Å². The van der Waals surface area contributed by atoms with Gasteiger partial charge in [0.15, 0.2) is 12.0 Å². The minimum atomic E-state index is -1.82. The Morgan fingerprint density at radius 3 is 2.59 bits per heavy atom. The first-order chi connectivity index (χ1) is 7.81. The number of rotatable bonds is 2. The molecule has 0 bridgehead atoms. The molecule has 0 aliphatic carbocycles. The van der Waals surface area contributed by atoms with Gasteiger partial charge in [-0.2, -0.15) is 0 Å². The van der Waals surface area contributed by atoms with Crippen LogP contribution in [0.1, 0.15) is 20.8 Å². The zero-order valence-electron chi connectivity index (χ0n) is 11.1. The lowest BCUT2D eigenvalue weighted by atomic mass is 10.2. The van der Waals surface area contributed by atoms with E-state index in [0.717, 1.165) is 16.8 Å². The summed E-state index contributed by atoms with van der Waals surface area (Å²) >= 11 is 0. The summed E-state index contributed by atoms with van der Waals surface area (Å²) in [5, 5.41) is 0.176. The van der Waals surface area contributed by atoms with E-state index in [1.807, 2.05) is 18.2 Å². The molecule has 3 nitrogen and oxygen atoms in total. The fourth-order valence-corrected chi connectivity index (χ4v) is 2.39. The van der Waals surface area contributed by atoms with Crippen LogP contribution in [0.25, 0.3) is 11.1 Å². The Morgan fingerprint density at radius 1 is 1.24 bits per heavy atom. The zero-order valence-corrected chi connectivity index (χ0v) is 12.1. The minimum Gasteiger partial charge on any atom is -0.541 e. The molecule has 0 fully saturated rings. The van der Waals surface area contributed by atoms with Gasteiger partial charge in [-0.15, -0.1) is 0 Å². The molecule has 0 radical (unpaired) electrons. The van der Waals surface area contributed by atoms with E-state index in [1.54, 1.807) is 0 Å². The molecule has 92 valence electrons. The molecule has 17 heavy (non-hydrogen) atoms. The molecule has 0 aliphatic heterocycles. The van der Waals surface area contributed by atoms with E-state index in [0.29, 0.717) is 0 Å². The summed E-state index contributed by atoms with van der Waals surface area (Å²) in [4.78, 5) is 4.14. The molecule has 2 aromatic rings. The van der Waals surface area contributed by atoms with E-state index in [1.165, 1.54) is 6.39 Å². The van der Waals surface area contributed by atoms with Crippen molar-refractivity contribution in [1.82, 2.24) is 4.98 Å². The molecule has 1 heterocycles. The van der Waals surface area contributed by atoms with Crippen molar-refractivity contribution in [2.45, 2.75) is 38.9 Å². The first-order valence-electron chi connectivity index (χ1n) is 5.82. The van der Waals surface area contributed by atoms with Crippen LogP contribution in [-0.4, -0.2) is 13.3 Å². The first kappa shape index (κ1) is 12.2. The predicted molar refractivity (Wildman–Crippen MR) is 71.8 cm³/mol. The third-order valence-corrected chi connectivity index (χ3v) is 7.83. The summed E-state index contributed by atoms with van der Waals surface area (Å²) in [6, 6.07) is 5.83. The van der Waals surface area contributed by atoms with Gasteiger partial charge in [-0.3, -0.25) is 0 Å². The lowest BCUT2D eigenvalue weighted by molar-refractivity contribution is 0.483. The molecule has 2 rings (SSSR count). The van der Waals surface area contributed by atoms with E-state index in [9.17, 15) is 0 Å². The van der Waals surface area contributed by atoms with Crippen LogP contribution in [0.5, 0.6) is 5.75 Å². The predicted octanol–water partition coefficient (Wildman–Crippen LogP) is 4.21. The summed E-state index contributed by atoms with van der Waals surface area (Å²) in [7, 11) is -1.82. The maximum absolute atomic E-state index is 6.24. The second-order valence-corrected chi connectivity index (χ2v) is 10.5. The van der Waals surface area contributed by atoms with Crippen LogP contribution < -0.4 is 4.43 Å². The maximum Gasteiger partial charge on any atom is 0.250 e. The zero-order chi connectivity index (χ0) is 12.7. The van der Waals surface area contributed by atoms with E-state index < -0.39 is 8.32 Å². The van der Waals surface area contributed by atoms with E-state index >= 15 is 0 Å². The monoisotopic (exact) mass is 249 g/mol. The molecule has 0 N–H and O–H groups in total. The van der Waals surface area contributed by atoms with Gasteiger partial charge in [-0.05, 0) is 30.3 Å². The standard InChI is InChI=1S/C13H19NO2Si/c1-13(2,3)17(4,5)16-11-8-6-7-10-12(11)15-9-14-10/h6-9H,1-5H3. The molecule has 1 aromatic carbocycles. The molecule has 4 heteroatoms. The van der Waals surface area contributed by atoms with Crippen LogP contribution in [0.15, 0.2) is 29.0 Å². The van der Waals surface area contributed by atoms with Crippen molar-refractivity contribution < 1.29 is 8.84 Å². The third-order valence-electron chi connectivity index (χ3n) is 3.49. The van der Waals surface area contributed by atoms with Gasteiger partial charge in [0.25, 0.3) is 8.32 Å². The van der Waals surface area contributed by atoms with E-state index in [-0.39, 0.29) is 5.04 Å². The molecule has 0 saturated carbocycles. The molecule has 0 unspecified atom stereocenters. The van der Waals surface area contributed by atoms with Gasteiger partial charge in [-0.25, -0.2) is 4.98 Å². The Balaban J connectivity index is 2.39. The van der Waals surface area contributed by atoms with Gasteiger partial charge in [-0.1, -0.05) is 26.8 Å². The normalized spacial score (nSPS) is 13.0. The van der Waals surface area contributed by atoms with Gasteiger partial charge in [0.1, 0.15) is 11.3 Å². The van der Waals surface area contributed by atoms with Crippen LogP contribution in [0, 0.1) is 0 Å². The Bertz CT molecular complexity index is 525. The number of benzene rings is 1. The number of nitrogens with zero attached hydrogens (tertiary/aromatic N) is 1. The summed E-state index contributed by atoms with van der Waals surface area (Å²) in [6.45, 7) is 11.1. The third kappa shape index (κ3) is 2.22. The fourth-order valence-electron chi connectivity index (χ4n) is 1.37. The molecule has 0 aliphatic rings. The van der Waals surface area contributed by atoms with Crippen molar-refractivity contribution in [3.63, 3.8) is 0 Å². The molecule has 1 aromatic heterocycles. The second kappa shape index (κ2) is 3.87. The number of hydrogen-bond acceptors (Lipinski definition) is 3. The highest BCUT2D eigenvalue weighted by Crippen LogP contribution is 2.38. The lowest BCUT2D eigenvalue weighted by Gasteiger charge is -2.36. The molecule has 0 amide bonds. The summed E-state index contributed by atoms with van der Waals surface area (Å²) < 4.78 is 11.6. The average Bonchev–Trinajstić information content (AvgIpc) is 2.64. The van der Waals surface area contributed by atoms with Crippen LogP contribution >= 0.6 is 0 Å². The van der Waals surface area contributed by atoms with Gasteiger partial charge < -0.3 is 8.84 Å². The van der Waals surface area contributed by atoms with Gasteiger partial charge in [0, 0.05) is 0 Å². The molecular formula is C13H19NO2Si. The Labute approximate surface area is 103 Å². The smallest absolute Gasteiger partial charge is 0.250 e. The van der Waals surface area contributed by atoms with Crippen molar-refractivity contribution in [3.05, 3.63) is 24.6 Å². The lowest BCUT2D eigenvalue weighted by Crippen LogP contribution is -2.43. The van der Waals surface area contributed by atoms with Crippen LogP contribution in [-0.2, 0) is 0 Å². The molecule has 0 atom stereocenters. The SMILES string of the molecule is CC(C)(C)[Si](C)(C)Oc1cccc2ncoc12. The number of fused-ring (bicyclic) bond motifs is 1. The summed E-state index contributed by atoms with van der Waals surface area (Å²) in [5.41, 5.74) is 1.60. The highest BCUT2D eigenvalue weighted by Gasteiger charge is 2.39. The molecule has 0 spiro atoms. The van der Waals surface area contributed by atoms with Crippen LogP contribution in [0.3, 0.4) is 0 Å². The number of hydrogen-bond donors (Lipinski definition) is 0. The Morgan fingerprint density at radius 2 is 1.94 bits per heavy atom. The van der Waals surface area contributed by atoms with Crippen molar-refractivity contribution in [2.24, 2.45) is 0 Å². The van der Waals surface area contributed by atoms with Gasteiger partial charge in [0.05, 0.1) is 0 Å². The van der Waals surface area contributed by atoms with Gasteiger partial charge in [0.2, 0.25) is 0 Å². The topological polar surface area (TPSA) is 35.3 Å². The average molecular weight is 249 g/mol. The fraction of sp³-hybridized carbons (Fsp3) is 0.462. The Hall–Kier alpha value is -1.29.